The van der Waals surface area contributed by atoms with Crippen LogP contribution in [0.2, 0.25) is 0 Å². The van der Waals surface area contributed by atoms with Crippen molar-refractivity contribution in [3.8, 4) is 0 Å². The van der Waals surface area contributed by atoms with Crippen molar-refractivity contribution in [3.63, 3.8) is 0 Å². The van der Waals surface area contributed by atoms with Gasteiger partial charge in [0.05, 0.1) is 12.7 Å². The lowest BCUT2D eigenvalue weighted by molar-refractivity contribution is 0.0596. The third kappa shape index (κ3) is 3.29. The Bertz CT molecular complexity index is 500. The Balaban J connectivity index is 2.32. The van der Waals surface area contributed by atoms with Crippen molar-refractivity contribution >= 4 is 5.97 Å². The number of hydrogen-bond acceptors (Lipinski definition) is 3. The number of ether oxygens (including phenoxy) is 1. The molecule has 1 aromatic rings. The first-order valence-corrected chi connectivity index (χ1v) is 7.92. The van der Waals surface area contributed by atoms with Crippen LogP contribution in [0.3, 0.4) is 0 Å². The van der Waals surface area contributed by atoms with E-state index >= 15 is 0 Å². The number of nitrogens with zero attached hydrogens (tertiary/aromatic N) is 1. The van der Waals surface area contributed by atoms with Gasteiger partial charge in [-0.25, -0.2) is 4.79 Å². The van der Waals surface area contributed by atoms with Crippen molar-refractivity contribution in [3.05, 3.63) is 34.9 Å². The molecular weight excluding hydrogens is 262 g/mol. The maximum atomic E-state index is 12.0. The van der Waals surface area contributed by atoms with Crippen LogP contribution < -0.4 is 0 Å². The van der Waals surface area contributed by atoms with Crippen LogP contribution in [0.4, 0.5) is 0 Å². The van der Waals surface area contributed by atoms with E-state index in [1.54, 1.807) is 0 Å². The van der Waals surface area contributed by atoms with Crippen LogP contribution in [0.1, 0.15) is 55.6 Å². The molecule has 0 N–H and O–H groups in total. The standard InChI is InChI=1S/C18H27NO2/c1-12(2)19(13(3)4)15-10-9-14-7-6-8-16(17(14)11-15)18(20)21-5/h6-8,12-13,15H,9-11H2,1-5H3/t15-/m1/s1. The van der Waals surface area contributed by atoms with E-state index in [-0.39, 0.29) is 5.97 Å². The molecule has 21 heavy (non-hydrogen) atoms. The zero-order valence-electron chi connectivity index (χ0n) is 13.8. The molecule has 1 atom stereocenters. The van der Waals surface area contributed by atoms with Gasteiger partial charge in [-0.2, -0.15) is 0 Å². The lowest BCUT2D eigenvalue weighted by Crippen LogP contribution is -2.47. The summed E-state index contributed by atoms with van der Waals surface area (Å²) in [7, 11) is 1.45. The fraction of sp³-hybridized carbons (Fsp3) is 0.611. The largest absolute Gasteiger partial charge is 0.465 e. The van der Waals surface area contributed by atoms with E-state index in [9.17, 15) is 4.79 Å². The highest BCUT2D eigenvalue weighted by Gasteiger charge is 2.30. The van der Waals surface area contributed by atoms with E-state index in [2.05, 4.69) is 38.7 Å². The highest BCUT2D eigenvalue weighted by molar-refractivity contribution is 5.91. The molecule has 0 bridgehead atoms. The van der Waals surface area contributed by atoms with Crippen LogP contribution in [0.5, 0.6) is 0 Å². The summed E-state index contributed by atoms with van der Waals surface area (Å²) in [5.41, 5.74) is 3.24. The van der Waals surface area contributed by atoms with Gasteiger partial charge >= 0.3 is 5.97 Å². The molecule has 0 saturated carbocycles. The van der Waals surface area contributed by atoms with Crippen molar-refractivity contribution in [1.82, 2.24) is 4.90 Å². The smallest absolute Gasteiger partial charge is 0.338 e. The second-order valence-electron chi connectivity index (χ2n) is 6.47. The fourth-order valence-corrected chi connectivity index (χ4v) is 3.76. The van der Waals surface area contributed by atoms with Crippen molar-refractivity contribution in [2.45, 2.75) is 65.1 Å². The molecule has 0 radical (unpaired) electrons. The summed E-state index contributed by atoms with van der Waals surface area (Å²) in [6, 6.07) is 7.54. The fourth-order valence-electron chi connectivity index (χ4n) is 3.76. The average Bonchev–Trinajstić information content (AvgIpc) is 2.45. The van der Waals surface area contributed by atoms with Crippen molar-refractivity contribution < 1.29 is 9.53 Å². The van der Waals surface area contributed by atoms with Gasteiger partial charge in [-0.3, -0.25) is 4.90 Å². The third-order valence-corrected chi connectivity index (χ3v) is 4.48. The zero-order valence-corrected chi connectivity index (χ0v) is 13.8. The SMILES string of the molecule is COC(=O)c1cccc2c1C[C@H](N(C(C)C)C(C)C)CC2. The van der Waals surface area contributed by atoms with E-state index < -0.39 is 0 Å². The van der Waals surface area contributed by atoms with Gasteiger partial charge < -0.3 is 4.74 Å². The van der Waals surface area contributed by atoms with E-state index in [1.807, 2.05) is 12.1 Å². The molecule has 0 amide bonds. The summed E-state index contributed by atoms with van der Waals surface area (Å²) < 4.78 is 4.94. The Labute approximate surface area is 128 Å². The van der Waals surface area contributed by atoms with Crippen LogP contribution >= 0.6 is 0 Å². The number of rotatable bonds is 4. The first-order valence-electron chi connectivity index (χ1n) is 7.92. The minimum Gasteiger partial charge on any atom is -0.465 e. The first-order chi connectivity index (χ1) is 9.95. The minimum atomic E-state index is -0.215. The molecule has 0 spiro atoms. The normalized spacial score (nSPS) is 18.2. The molecule has 1 aliphatic rings. The van der Waals surface area contributed by atoms with Gasteiger partial charge in [0, 0.05) is 18.1 Å². The molecule has 0 unspecified atom stereocenters. The van der Waals surface area contributed by atoms with Crippen LogP contribution in [0.25, 0.3) is 0 Å². The van der Waals surface area contributed by atoms with Crippen LogP contribution in [-0.2, 0) is 17.6 Å². The van der Waals surface area contributed by atoms with Gasteiger partial charge in [-0.1, -0.05) is 12.1 Å². The molecule has 3 nitrogen and oxygen atoms in total. The minimum absolute atomic E-state index is 0.215. The summed E-state index contributed by atoms with van der Waals surface area (Å²) in [6.45, 7) is 9.01. The Kier molecular flexibility index (Phi) is 5.04. The number of methoxy groups -OCH3 is 1. The number of esters is 1. The molecule has 2 rings (SSSR count). The molecule has 3 heteroatoms. The van der Waals surface area contributed by atoms with Crippen molar-refractivity contribution in [1.29, 1.82) is 0 Å². The van der Waals surface area contributed by atoms with Gasteiger partial charge in [0.2, 0.25) is 0 Å². The molecule has 0 fully saturated rings. The summed E-state index contributed by atoms with van der Waals surface area (Å²) in [6.07, 6.45) is 3.14. The van der Waals surface area contributed by atoms with Gasteiger partial charge in [-0.05, 0) is 64.2 Å². The van der Waals surface area contributed by atoms with E-state index in [0.717, 1.165) is 24.8 Å². The zero-order chi connectivity index (χ0) is 15.6. The second-order valence-corrected chi connectivity index (χ2v) is 6.47. The molecule has 1 aromatic carbocycles. The quantitative estimate of drug-likeness (QED) is 0.795. The number of fused-ring (bicyclic) bond motifs is 1. The topological polar surface area (TPSA) is 29.5 Å². The van der Waals surface area contributed by atoms with E-state index in [0.29, 0.717) is 18.1 Å². The summed E-state index contributed by atoms with van der Waals surface area (Å²) in [4.78, 5) is 14.6. The predicted molar refractivity (Wildman–Crippen MR) is 85.7 cm³/mol. The molecular formula is C18H27NO2. The lowest BCUT2D eigenvalue weighted by Gasteiger charge is -2.41. The summed E-state index contributed by atoms with van der Waals surface area (Å²) in [5, 5.41) is 0. The van der Waals surface area contributed by atoms with Gasteiger partial charge in [0.1, 0.15) is 0 Å². The van der Waals surface area contributed by atoms with Gasteiger partial charge in [0.15, 0.2) is 0 Å². The number of carbonyl (C=O) groups excluding carboxylic acids is 1. The highest BCUT2D eigenvalue weighted by atomic mass is 16.5. The maximum absolute atomic E-state index is 12.0. The Morgan fingerprint density at radius 1 is 1.24 bits per heavy atom. The Morgan fingerprint density at radius 3 is 2.48 bits per heavy atom. The molecule has 0 heterocycles. The van der Waals surface area contributed by atoms with Crippen LogP contribution in [-0.4, -0.2) is 36.1 Å². The maximum Gasteiger partial charge on any atom is 0.338 e. The van der Waals surface area contributed by atoms with Gasteiger partial charge in [0.25, 0.3) is 0 Å². The van der Waals surface area contributed by atoms with Crippen LogP contribution in [0.15, 0.2) is 18.2 Å². The van der Waals surface area contributed by atoms with Crippen molar-refractivity contribution in [2.24, 2.45) is 0 Å². The molecule has 0 saturated heterocycles. The molecule has 0 aromatic heterocycles. The Hall–Kier alpha value is -1.35. The van der Waals surface area contributed by atoms with Gasteiger partial charge in [-0.15, -0.1) is 0 Å². The number of benzene rings is 1. The average molecular weight is 289 g/mol. The number of aryl methyl sites for hydroxylation is 1. The molecule has 1 aliphatic carbocycles. The number of hydrogen-bond donors (Lipinski definition) is 0. The number of carbonyl (C=O) groups is 1. The molecule has 116 valence electrons. The van der Waals surface area contributed by atoms with E-state index in [4.69, 9.17) is 4.74 Å². The highest BCUT2D eigenvalue weighted by Crippen LogP contribution is 2.29. The van der Waals surface area contributed by atoms with E-state index in [1.165, 1.54) is 18.2 Å². The lowest BCUT2D eigenvalue weighted by atomic mass is 9.84. The monoisotopic (exact) mass is 289 g/mol. The second kappa shape index (κ2) is 6.61. The molecule has 0 aliphatic heterocycles. The predicted octanol–water partition coefficient (Wildman–Crippen LogP) is 3.45. The van der Waals surface area contributed by atoms with Crippen molar-refractivity contribution in [2.75, 3.05) is 7.11 Å². The summed E-state index contributed by atoms with van der Waals surface area (Å²) >= 11 is 0. The third-order valence-electron chi connectivity index (χ3n) is 4.48. The Morgan fingerprint density at radius 2 is 1.90 bits per heavy atom. The first kappa shape index (κ1) is 16.0. The summed E-state index contributed by atoms with van der Waals surface area (Å²) in [5.74, 6) is -0.215. The van der Waals surface area contributed by atoms with Crippen LogP contribution in [0, 0.1) is 0 Å².